The summed E-state index contributed by atoms with van der Waals surface area (Å²) < 4.78 is 1.59. The molecule has 2 heterocycles. The molecule has 0 saturated heterocycles. The van der Waals surface area contributed by atoms with Crippen LogP contribution in [0.5, 0.6) is 0 Å². The third kappa shape index (κ3) is 2.95. The molecule has 0 aliphatic heterocycles. The van der Waals surface area contributed by atoms with E-state index >= 15 is 0 Å². The minimum Gasteiger partial charge on any atom is -0.362 e. The summed E-state index contributed by atoms with van der Waals surface area (Å²) in [4.78, 5) is 18.3. The van der Waals surface area contributed by atoms with Crippen molar-refractivity contribution in [2.75, 3.05) is 17.3 Å². The molecule has 20 heavy (non-hydrogen) atoms. The Morgan fingerprint density at radius 2 is 2.30 bits per heavy atom. The maximum Gasteiger partial charge on any atom is 0.332 e. The van der Waals surface area contributed by atoms with Crippen LogP contribution < -0.4 is 16.6 Å². The van der Waals surface area contributed by atoms with Gasteiger partial charge in [0.25, 0.3) is 0 Å². The molecule has 0 aliphatic carbocycles. The Balaban J connectivity index is 2.16. The second-order valence-electron chi connectivity index (χ2n) is 3.82. The number of nitrogen functional groups attached to an aromatic ring is 1. The smallest absolute Gasteiger partial charge is 0.332 e. The molecule has 106 valence electrons. The van der Waals surface area contributed by atoms with Crippen LogP contribution in [-0.2, 0) is 6.54 Å². The van der Waals surface area contributed by atoms with E-state index in [0.29, 0.717) is 13.1 Å². The number of aryl methyl sites for hydroxylation is 1. The molecule has 0 spiro atoms. The number of rotatable bonds is 6. The monoisotopic (exact) mass is 279 g/mol. The minimum atomic E-state index is -0.534. The number of hydrazine groups is 1. The van der Waals surface area contributed by atoms with Gasteiger partial charge in [-0.15, -0.1) is 5.10 Å². The maximum absolute atomic E-state index is 11.0. The number of nitrogens with two attached hydrogens (primary N) is 1. The Labute approximate surface area is 113 Å². The Bertz CT molecular complexity index is 598. The van der Waals surface area contributed by atoms with E-state index in [0.717, 1.165) is 0 Å². The van der Waals surface area contributed by atoms with Crippen LogP contribution in [0.3, 0.4) is 0 Å². The first-order valence-corrected chi connectivity index (χ1v) is 5.69. The lowest BCUT2D eigenvalue weighted by molar-refractivity contribution is -0.385. The van der Waals surface area contributed by atoms with E-state index in [4.69, 9.17) is 5.84 Å². The summed E-state index contributed by atoms with van der Waals surface area (Å²) in [5.41, 5.74) is 2.31. The van der Waals surface area contributed by atoms with Gasteiger partial charge in [0.15, 0.2) is 0 Å². The Morgan fingerprint density at radius 3 is 2.90 bits per heavy atom. The zero-order chi connectivity index (χ0) is 14.5. The summed E-state index contributed by atoms with van der Waals surface area (Å²) in [5, 5.41) is 21.4. The highest BCUT2D eigenvalue weighted by molar-refractivity contribution is 5.60. The van der Waals surface area contributed by atoms with E-state index in [9.17, 15) is 10.1 Å². The largest absolute Gasteiger partial charge is 0.362 e. The van der Waals surface area contributed by atoms with E-state index in [2.05, 4.69) is 31.0 Å². The fraction of sp³-hybridized carbons (Fsp3) is 0.333. The van der Waals surface area contributed by atoms with Crippen molar-refractivity contribution in [2.24, 2.45) is 5.84 Å². The van der Waals surface area contributed by atoms with E-state index < -0.39 is 4.92 Å². The van der Waals surface area contributed by atoms with E-state index in [-0.39, 0.29) is 23.1 Å². The zero-order valence-corrected chi connectivity index (χ0v) is 10.6. The lowest BCUT2D eigenvalue weighted by Gasteiger charge is -2.09. The standard InChI is InChI=1S/C9H13N9O2/c1-6-7(18(19)20)8(14-9(13-6)15-10)11-2-4-17-5-3-12-16-17/h3,5H,2,4,10H2,1H3,(H2,11,13,14,15). The van der Waals surface area contributed by atoms with Crippen molar-refractivity contribution in [3.8, 4) is 0 Å². The summed E-state index contributed by atoms with van der Waals surface area (Å²) in [6, 6.07) is 0. The molecule has 0 radical (unpaired) electrons. The first kappa shape index (κ1) is 13.6. The summed E-state index contributed by atoms with van der Waals surface area (Å²) in [6.45, 7) is 2.40. The first-order valence-electron chi connectivity index (χ1n) is 5.69. The fourth-order valence-corrected chi connectivity index (χ4v) is 1.61. The molecule has 2 aromatic heterocycles. The van der Waals surface area contributed by atoms with Gasteiger partial charge in [0.1, 0.15) is 5.69 Å². The summed E-state index contributed by atoms with van der Waals surface area (Å²) in [5.74, 6) is 5.44. The average Bonchev–Trinajstić information content (AvgIpc) is 2.90. The van der Waals surface area contributed by atoms with Crippen molar-refractivity contribution in [3.63, 3.8) is 0 Å². The Kier molecular flexibility index (Phi) is 4.00. The number of hydrogen-bond acceptors (Lipinski definition) is 9. The minimum absolute atomic E-state index is 0.107. The molecule has 0 bridgehead atoms. The molecule has 4 N–H and O–H groups in total. The highest BCUT2D eigenvalue weighted by Gasteiger charge is 2.21. The molecule has 2 aromatic rings. The second kappa shape index (κ2) is 5.88. The van der Waals surface area contributed by atoms with Crippen LogP contribution in [0.15, 0.2) is 12.4 Å². The Morgan fingerprint density at radius 1 is 1.50 bits per heavy atom. The number of anilines is 2. The maximum atomic E-state index is 11.0. The third-order valence-corrected chi connectivity index (χ3v) is 2.48. The summed E-state index contributed by atoms with van der Waals surface area (Å²) >= 11 is 0. The second-order valence-corrected chi connectivity index (χ2v) is 3.82. The van der Waals surface area contributed by atoms with Crippen molar-refractivity contribution in [1.29, 1.82) is 0 Å². The molecular weight excluding hydrogens is 266 g/mol. The van der Waals surface area contributed by atoms with Crippen LogP contribution in [0.2, 0.25) is 0 Å². The highest BCUT2D eigenvalue weighted by atomic mass is 16.6. The van der Waals surface area contributed by atoms with Crippen LogP contribution in [0.1, 0.15) is 5.69 Å². The molecule has 0 atom stereocenters. The predicted molar refractivity (Wildman–Crippen MR) is 69.7 cm³/mol. The van der Waals surface area contributed by atoms with E-state index in [1.54, 1.807) is 17.1 Å². The van der Waals surface area contributed by atoms with Gasteiger partial charge in [-0.05, 0) is 6.92 Å². The zero-order valence-electron chi connectivity index (χ0n) is 10.6. The Hall–Kier alpha value is -2.82. The van der Waals surface area contributed by atoms with Gasteiger partial charge in [0.05, 0.1) is 17.7 Å². The topological polar surface area (TPSA) is 150 Å². The van der Waals surface area contributed by atoms with Crippen molar-refractivity contribution in [3.05, 3.63) is 28.2 Å². The molecule has 0 aromatic carbocycles. The number of nitrogens with zero attached hydrogens (tertiary/aromatic N) is 6. The van der Waals surface area contributed by atoms with Gasteiger partial charge in [0.2, 0.25) is 11.8 Å². The fourth-order valence-electron chi connectivity index (χ4n) is 1.61. The van der Waals surface area contributed by atoms with Crippen molar-refractivity contribution >= 4 is 17.5 Å². The van der Waals surface area contributed by atoms with Gasteiger partial charge in [-0.3, -0.25) is 20.2 Å². The number of nitrogens with one attached hydrogen (secondary N) is 2. The lowest BCUT2D eigenvalue weighted by atomic mass is 10.3. The molecule has 11 nitrogen and oxygen atoms in total. The van der Waals surface area contributed by atoms with Crippen molar-refractivity contribution in [1.82, 2.24) is 25.0 Å². The van der Waals surface area contributed by atoms with Crippen LogP contribution in [0.4, 0.5) is 17.5 Å². The molecule has 11 heteroatoms. The molecule has 0 amide bonds. The van der Waals surface area contributed by atoms with Gasteiger partial charge < -0.3 is 5.32 Å². The number of hydrogen-bond donors (Lipinski definition) is 3. The molecule has 0 fully saturated rings. The van der Waals surface area contributed by atoms with Gasteiger partial charge in [-0.25, -0.2) is 10.8 Å². The normalized spacial score (nSPS) is 10.3. The number of aromatic nitrogens is 5. The van der Waals surface area contributed by atoms with Crippen LogP contribution in [0.25, 0.3) is 0 Å². The van der Waals surface area contributed by atoms with Crippen LogP contribution >= 0.6 is 0 Å². The number of nitro groups is 1. The average molecular weight is 279 g/mol. The van der Waals surface area contributed by atoms with Gasteiger partial charge >= 0.3 is 5.69 Å². The molecular formula is C9H13N9O2. The van der Waals surface area contributed by atoms with Crippen LogP contribution in [-0.4, -0.2) is 36.4 Å². The van der Waals surface area contributed by atoms with Gasteiger partial charge in [-0.2, -0.15) is 4.98 Å². The van der Waals surface area contributed by atoms with Crippen LogP contribution in [0, 0.1) is 17.0 Å². The molecule has 0 saturated carbocycles. The molecule has 2 rings (SSSR count). The van der Waals surface area contributed by atoms with Crippen molar-refractivity contribution in [2.45, 2.75) is 13.5 Å². The molecule has 0 aliphatic rings. The van der Waals surface area contributed by atoms with Crippen molar-refractivity contribution < 1.29 is 4.92 Å². The highest BCUT2D eigenvalue weighted by Crippen LogP contribution is 2.25. The molecule has 0 unspecified atom stereocenters. The van der Waals surface area contributed by atoms with Gasteiger partial charge in [0, 0.05) is 12.7 Å². The first-order chi connectivity index (χ1) is 9.61. The summed E-state index contributed by atoms with van der Waals surface area (Å²) in [6.07, 6.45) is 3.24. The predicted octanol–water partition coefficient (Wildman–Crippen LogP) is -0.318. The quantitative estimate of drug-likeness (QED) is 0.367. The third-order valence-electron chi connectivity index (χ3n) is 2.48. The summed E-state index contributed by atoms with van der Waals surface area (Å²) in [7, 11) is 0. The van der Waals surface area contributed by atoms with E-state index in [1.807, 2.05) is 0 Å². The van der Waals surface area contributed by atoms with E-state index in [1.165, 1.54) is 6.92 Å². The lowest BCUT2D eigenvalue weighted by Crippen LogP contribution is -2.17. The van der Waals surface area contributed by atoms with Gasteiger partial charge in [-0.1, -0.05) is 5.21 Å². The SMILES string of the molecule is Cc1nc(NN)nc(NCCn2ccnn2)c1[N+](=O)[O-].